The van der Waals surface area contributed by atoms with Crippen LogP contribution >= 0.6 is 93.2 Å². The highest BCUT2D eigenvalue weighted by atomic mass is 32.3. The molecule has 0 aromatic carbocycles. The Hall–Kier alpha value is 1.17. The highest BCUT2D eigenvalue weighted by Crippen LogP contribution is 2.59. The van der Waals surface area contributed by atoms with Gasteiger partial charge in [0.1, 0.15) is 8.38 Å². The first kappa shape index (κ1) is 14.7. The van der Waals surface area contributed by atoms with Gasteiger partial charge in [0.2, 0.25) is 0 Å². The maximum absolute atomic E-state index is 12.2. The maximum atomic E-state index is 12.2. The average Bonchev–Trinajstić information content (AvgIpc) is 3.16. The molecule has 0 spiro atoms. The summed E-state index contributed by atoms with van der Waals surface area (Å²) in [6, 6.07) is 0. The summed E-state index contributed by atoms with van der Waals surface area (Å²) in [7, 11) is 0. The van der Waals surface area contributed by atoms with Crippen LogP contribution in [0.25, 0.3) is 8.47 Å². The quantitative estimate of drug-likeness (QED) is 0.625. The number of rotatable bonds is 0. The van der Waals surface area contributed by atoms with Gasteiger partial charge in [0.25, 0.3) is 4.74 Å². The van der Waals surface area contributed by atoms with Crippen LogP contribution in [0.4, 0.5) is 0 Å². The van der Waals surface area contributed by atoms with Gasteiger partial charge in [0.15, 0.2) is 0 Å². The Kier molecular flexibility index (Phi) is 4.68. The van der Waals surface area contributed by atoms with E-state index in [4.69, 9.17) is 0 Å². The predicted molar refractivity (Wildman–Crippen MR) is 106 cm³/mol. The minimum absolute atomic E-state index is 0.211. The highest BCUT2D eigenvalue weighted by molar-refractivity contribution is 8.46. The van der Waals surface area contributed by atoms with Crippen molar-refractivity contribution in [3.8, 4) is 0 Å². The zero-order valence-corrected chi connectivity index (χ0v) is 16.3. The molecule has 1 aromatic rings. The Bertz CT molecular complexity index is 765. The van der Waals surface area contributed by atoms with Gasteiger partial charge < -0.3 is 0 Å². The standard InChI is InChI=1S/C11H6OS8/c12-6-5(7-13-1-2-14-7)17-10(18-6)11-19-8-9(20-11)16-4-3-15-8/h1-2H,3-4H2. The normalized spacial score (nSPS) is 22.0. The molecular formula is C11H6OS8. The van der Waals surface area contributed by atoms with E-state index in [9.17, 15) is 4.79 Å². The topological polar surface area (TPSA) is 17.1 Å². The van der Waals surface area contributed by atoms with Gasteiger partial charge in [-0.2, -0.15) is 0 Å². The van der Waals surface area contributed by atoms with Crippen LogP contribution in [0.5, 0.6) is 0 Å². The molecular weight excluding hydrogens is 405 g/mol. The Balaban J connectivity index is 1.78. The van der Waals surface area contributed by atoms with Gasteiger partial charge in [-0.25, -0.2) is 0 Å². The summed E-state index contributed by atoms with van der Waals surface area (Å²) in [4.78, 5) is 12.2. The van der Waals surface area contributed by atoms with Crippen molar-refractivity contribution in [2.24, 2.45) is 0 Å². The lowest BCUT2D eigenvalue weighted by atomic mass is 10.9. The van der Waals surface area contributed by atoms with Gasteiger partial charge in [-0.1, -0.05) is 58.4 Å². The summed E-state index contributed by atoms with van der Waals surface area (Å²) < 4.78 is 7.63. The monoisotopic (exact) mass is 410 g/mol. The third-order valence-corrected chi connectivity index (χ3v) is 13.5. The van der Waals surface area contributed by atoms with E-state index in [-0.39, 0.29) is 4.74 Å². The molecule has 104 valence electrons. The Labute approximate surface area is 149 Å². The lowest BCUT2D eigenvalue weighted by Crippen LogP contribution is -2.14. The molecule has 0 amide bonds. The van der Waals surface area contributed by atoms with Crippen molar-refractivity contribution in [2.45, 2.75) is 0 Å². The second-order valence-electron chi connectivity index (χ2n) is 3.67. The molecule has 0 saturated carbocycles. The van der Waals surface area contributed by atoms with Crippen LogP contribution in [0.3, 0.4) is 0 Å². The summed E-state index contributed by atoms with van der Waals surface area (Å²) in [6.45, 7) is 0. The molecule has 0 fully saturated rings. The van der Waals surface area contributed by atoms with Crippen molar-refractivity contribution in [3.63, 3.8) is 0 Å². The molecule has 0 N–H and O–H groups in total. The van der Waals surface area contributed by atoms with Crippen LogP contribution in [-0.4, -0.2) is 11.5 Å². The van der Waals surface area contributed by atoms with Gasteiger partial charge in [-0.3, -0.25) is 4.79 Å². The Morgan fingerprint density at radius 2 is 1.45 bits per heavy atom. The lowest BCUT2D eigenvalue weighted by molar-refractivity contribution is 1.56. The summed E-state index contributed by atoms with van der Waals surface area (Å²) in [5.41, 5.74) is 0. The molecule has 1 nitrogen and oxygen atoms in total. The first-order valence-electron chi connectivity index (χ1n) is 5.54. The second-order valence-corrected chi connectivity index (χ2v) is 13.0. The molecule has 0 radical (unpaired) electrons. The minimum Gasteiger partial charge on any atom is -0.276 e. The van der Waals surface area contributed by atoms with Crippen LogP contribution in [0.1, 0.15) is 0 Å². The van der Waals surface area contributed by atoms with Gasteiger partial charge in [0.05, 0.1) is 16.9 Å². The van der Waals surface area contributed by atoms with E-state index < -0.39 is 0 Å². The van der Waals surface area contributed by atoms with Gasteiger partial charge in [-0.15, -0.1) is 34.9 Å². The number of thioether (sulfide) groups is 6. The lowest BCUT2D eigenvalue weighted by Gasteiger charge is -2.08. The van der Waals surface area contributed by atoms with Crippen molar-refractivity contribution in [2.75, 3.05) is 11.5 Å². The third kappa shape index (κ3) is 2.84. The van der Waals surface area contributed by atoms with E-state index in [0.29, 0.717) is 0 Å². The van der Waals surface area contributed by atoms with Crippen molar-refractivity contribution >= 4 is 102 Å². The first-order valence-corrected chi connectivity index (χ1v) is 12.5. The fourth-order valence-electron chi connectivity index (χ4n) is 1.61. The second kappa shape index (κ2) is 6.35. The van der Waals surface area contributed by atoms with Crippen molar-refractivity contribution in [1.82, 2.24) is 0 Å². The van der Waals surface area contributed by atoms with Gasteiger partial charge in [-0.05, 0) is 10.8 Å². The fraction of sp³-hybridized carbons (Fsp3) is 0.182. The molecule has 0 atom stereocenters. The van der Waals surface area contributed by atoms with Crippen LogP contribution in [0.15, 0.2) is 24.1 Å². The molecule has 0 saturated heterocycles. The zero-order chi connectivity index (χ0) is 13.5. The third-order valence-electron chi connectivity index (χ3n) is 2.41. The molecule has 0 bridgehead atoms. The smallest absolute Gasteiger partial charge is 0.252 e. The van der Waals surface area contributed by atoms with E-state index in [2.05, 4.69) is 0 Å². The highest BCUT2D eigenvalue weighted by Gasteiger charge is 2.26. The summed E-state index contributed by atoms with van der Waals surface area (Å²) in [6.07, 6.45) is 0. The predicted octanol–water partition coefficient (Wildman–Crippen LogP) is 4.34. The fourth-order valence-corrected chi connectivity index (χ4v) is 12.3. The average molecular weight is 411 g/mol. The van der Waals surface area contributed by atoms with Crippen LogP contribution in [0, 0.1) is 0 Å². The van der Waals surface area contributed by atoms with Crippen molar-refractivity contribution < 1.29 is 0 Å². The van der Waals surface area contributed by atoms with Crippen LogP contribution < -0.4 is 13.1 Å². The van der Waals surface area contributed by atoms with E-state index in [0.717, 1.165) is 8.77 Å². The Morgan fingerprint density at radius 3 is 2.10 bits per heavy atom. The molecule has 3 aliphatic heterocycles. The molecule has 0 aliphatic carbocycles. The maximum Gasteiger partial charge on any atom is 0.252 e. The van der Waals surface area contributed by atoms with Gasteiger partial charge >= 0.3 is 0 Å². The van der Waals surface area contributed by atoms with Crippen LogP contribution in [0.2, 0.25) is 0 Å². The molecule has 0 unspecified atom stereocenters. The molecule has 4 rings (SSSR count). The molecule has 1 aromatic heterocycles. The largest absolute Gasteiger partial charge is 0.276 e. The van der Waals surface area contributed by atoms with Crippen molar-refractivity contribution in [3.05, 3.63) is 37.2 Å². The van der Waals surface area contributed by atoms with Crippen LogP contribution in [-0.2, 0) is 0 Å². The van der Waals surface area contributed by atoms with E-state index >= 15 is 0 Å². The Morgan fingerprint density at radius 1 is 0.800 bits per heavy atom. The van der Waals surface area contributed by atoms with E-state index in [1.807, 2.05) is 57.9 Å². The number of hydrogen-bond acceptors (Lipinski definition) is 9. The summed E-state index contributed by atoms with van der Waals surface area (Å²) >= 11 is 14.0. The molecule has 3 aliphatic rings. The molecule has 4 heterocycles. The summed E-state index contributed by atoms with van der Waals surface area (Å²) in [5, 5.41) is 4.09. The van der Waals surface area contributed by atoms with E-state index in [1.165, 1.54) is 39.4 Å². The van der Waals surface area contributed by atoms with E-state index in [1.54, 1.807) is 34.9 Å². The molecule has 20 heavy (non-hydrogen) atoms. The van der Waals surface area contributed by atoms with Crippen molar-refractivity contribution in [1.29, 1.82) is 0 Å². The number of hydrogen-bond donors (Lipinski definition) is 0. The SMILES string of the molecule is O=c1sc(=C2SC3=C(SCCS3)S2)sc1=C1SC=CS1. The summed E-state index contributed by atoms with van der Waals surface area (Å²) in [5.74, 6) is 2.40. The minimum atomic E-state index is 0.211. The van der Waals surface area contributed by atoms with Gasteiger partial charge in [0, 0.05) is 11.5 Å². The molecule has 9 heteroatoms. The zero-order valence-electron chi connectivity index (χ0n) is 9.74. The first-order chi connectivity index (χ1) is 9.81.